The van der Waals surface area contributed by atoms with Gasteiger partial charge in [0, 0.05) is 36.8 Å². The maximum Gasteiger partial charge on any atom is 0.257 e. The zero-order chi connectivity index (χ0) is 15.0. The topological polar surface area (TPSA) is 58.2 Å². The molecule has 0 aliphatic carbocycles. The summed E-state index contributed by atoms with van der Waals surface area (Å²) >= 11 is 0. The number of H-pyrrole nitrogens is 1. The van der Waals surface area contributed by atoms with Gasteiger partial charge in [0.2, 0.25) is 0 Å². The third-order valence-corrected chi connectivity index (χ3v) is 4.10. The van der Waals surface area contributed by atoms with Crippen molar-refractivity contribution >= 4 is 5.91 Å². The fourth-order valence-electron chi connectivity index (χ4n) is 2.67. The van der Waals surface area contributed by atoms with Crippen LogP contribution in [0.25, 0.3) is 0 Å². The third kappa shape index (κ3) is 2.39. The van der Waals surface area contributed by atoms with Gasteiger partial charge in [-0.25, -0.2) is 0 Å². The number of hydrogen-bond acceptors (Lipinski definition) is 3. The maximum absolute atomic E-state index is 12.7. The van der Waals surface area contributed by atoms with Crippen LogP contribution in [-0.2, 0) is 6.54 Å². The molecule has 0 fully saturated rings. The van der Waals surface area contributed by atoms with Gasteiger partial charge < -0.3 is 9.64 Å². The summed E-state index contributed by atoms with van der Waals surface area (Å²) in [7, 11) is 1.79. The van der Waals surface area contributed by atoms with E-state index >= 15 is 0 Å². The zero-order valence-electron chi connectivity index (χ0n) is 12.5. The Hall–Kier alpha value is -2.30. The number of benzene rings is 1. The van der Waals surface area contributed by atoms with Crippen LogP contribution < -0.4 is 4.74 Å². The van der Waals surface area contributed by atoms with E-state index in [1.807, 2.05) is 25.1 Å². The average Bonchev–Trinajstić information content (AvgIpc) is 3.07. The number of nitrogens with one attached hydrogen (secondary N) is 1. The van der Waals surface area contributed by atoms with Crippen LogP contribution in [0, 0.1) is 0 Å². The highest BCUT2D eigenvalue weighted by Crippen LogP contribution is 2.40. The van der Waals surface area contributed by atoms with Crippen LogP contribution in [0.15, 0.2) is 30.6 Å². The van der Waals surface area contributed by atoms with E-state index in [2.05, 4.69) is 17.1 Å². The highest BCUT2D eigenvalue weighted by Gasteiger charge is 2.31. The Balaban J connectivity index is 1.86. The Kier molecular flexibility index (Phi) is 3.41. The first-order valence-corrected chi connectivity index (χ1v) is 7.10. The monoisotopic (exact) mass is 285 g/mol. The Labute approximate surface area is 123 Å². The van der Waals surface area contributed by atoms with Crippen LogP contribution in [0.2, 0.25) is 0 Å². The van der Waals surface area contributed by atoms with Gasteiger partial charge in [0.25, 0.3) is 5.91 Å². The second-order valence-electron chi connectivity index (χ2n) is 5.60. The van der Waals surface area contributed by atoms with Gasteiger partial charge in [-0.15, -0.1) is 0 Å². The van der Waals surface area contributed by atoms with E-state index < -0.39 is 0 Å². The number of para-hydroxylation sites is 1. The van der Waals surface area contributed by atoms with Crippen molar-refractivity contribution in [1.29, 1.82) is 0 Å². The highest BCUT2D eigenvalue weighted by atomic mass is 16.5. The molecule has 1 aliphatic heterocycles. The van der Waals surface area contributed by atoms with E-state index in [-0.39, 0.29) is 12.0 Å². The average molecular weight is 285 g/mol. The summed E-state index contributed by atoms with van der Waals surface area (Å²) in [6, 6.07) is 5.80. The van der Waals surface area contributed by atoms with Crippen LogP contribution in [-0.4, -0.2) is 34.2 Å². The summed E-state index contributed by atoms with van der Waals surface area (Å²) in [6.07, 6.45) is 3.62. The van der Waals surface area contributed by atoms with E-state index in [0.717, 1.165) is 16.9 Å². The highest BCUT2D eigenvalue weighted by molar-refractivity contribution is 5.97. The molecule has 1 amide bonds. The second-order valence-corrected chi connectivity index (χ2v) is 5.60. The number of aromatic nitrogens is 2. The normalized spacial score (nSPS) is 20.0. The van der Waals surface area contributed by atoms with Crippen LogP contribution >= 0.6 is 0 Å². The van der Waals surface area contributed by atoms with Crippen molar-refractivity contribution in [2.75, 3.05) is 7.05 Å². The zero-order valence-corrected chi connectivity index (χ0v) is 12.5. The molecule has 2 heterocycles. The molecule has 0 bridgehead atoms. The molecule has 0 radical (unpaired) electrons. The first-order chi connectivity index (χ1) is 10.1. The second kappa shape index (κ2) is 5.24. The summed E-state index contributed by atoms with van der Waals surface area (Å²) in [5.41, 5.74) is 2.72. The predicted molar refractivity (Wildman–Crippen MR) is 79.3 cm³/mol. The summed E-state index contributed by atoms with van der Waals surface area (Å²) < 4.78 is 5.89. The minimum atomic E-state index is -0.0330. The molecule has 21 heavy (non-hydrogen) atoms. The largest absolute Gasteiger partial charge is 0.489 e. The van der Waals surface area contributed by atoms with Gasteiger partial charge in [0.15, 0.2) is 0 Å². The molecule has 1 aliphatic rings. The molecule has 0 saturated heterocycles. The third-order valence-electron chi connectivity index (χ3n) is 4.10. The molecule has 5 nitrogen and oxygen atoms in total. The van der Waals surface area contributed by atoms with Gasteiger partial charge in [0.1, 0.15) is 11.9 Å². The van der Waals surface area contributed by atoms with Crippen molar-refractivity contribution in [3.63, 3.8) is 0 Å². The molecule has 2 aromatic rings. The number of fused-ring (bicyclic) bond motifs is 1. The molecule has 0 saturated carbocycles. The molecule has 1 aromatic heterocycles. The number of ether oxygens (including phenoxy) is 1. The SMILES string of the molecule is CC1Oc2c(C(=O)N(C)Cc3cn[nH]c3)cccc2C1C. The standard InChI is InChI=1S/C16H19N3O2/c1-10-11(2)21-15-13(10)5-4-6-14(15)16(20)19(3)9-12-7-17-18-8-12/h4-8,10-11H,9H2,1-3H3,(H,17,18). The van der Waals surface area contributed by atoms with E-state index in [4.69, 9.17) is 4.74 Å². The van der Waals surface area contributed by atoms with Crippen molar-refractivity contribution in [3.05, 3.63) is 47.3 Å². The smallest absolute Gasteiger partial charge is 0.257 e. The first kappa shape index (κ1) is 13.7. The Morgan fingerprint density at radius 3 is 2.95 bits per heavy atom. The molecular formula is C16H19N3O2. The van der Waals surface area contributed by atoms with E-state index in [1.165, 1.54) is 0 Å². The van der Waals surface area contributed by atoms with Gasteiger partial charge in [-0.3, -0.25) is 9.89 Å². The van der Waals surface area contributed by atoms with Crippen molar-refractivity contribution in [2.24, 2.45) is 0 Å². The molecule has 110 valence electrons. The molecule has 1 N–H and O–H groups in total. The fraction of sp³-hybridized carbons (Fsp3) is 0.375. The quantitative estimate of drug-likeness (QED) is 0.943. The van der Waals surface area contributed by atoms with Crippen LogP contribution in [0.4, 0.5) is 0 Å². The van der Waals surface area contributed by atoms with E-state index in [0.29, 0.717) is 18.0 Å². The van der Waals surface area contributed by atoms with E-state index in [9.17, 15) is 4.79 Å². The molecule has 0 spiro atoms. The van der Waals surface area contributed by atoms with Gasteiger partial charge in [-0.1, -0.05) is 19.1 Å². The summed E-state index contributed by atoms with van der Waals surface area (Å²) in [5, 5.41) is 6.65. The van der Waals surface area contributed by atoms with Gasteiger partial charge in [0.05, 0.1) is 11.8 Å². The lowest BCUT2D eigenvalue weighted by molar-refractivity contribution is 0.0780. The first-order valence-electron chi connectivity index (χ1n) is 7.10. The lowest BCUT2D eigenvalue weighted by atomic mass is 9.96. The van der Waals surface area contributed by atoms with Gasteiger partial charge in [-0.2, -0.15) is 5.10 Å². The number of carbonyl (C=O) groups is 1. The Morgan fingerprint density at radius 2 is 2.24 bits per heavy atom. The van der Waals surface area contributed by atoms with Crippen molar-refractivity contribution < 1.29 is 9.53 Å². The van der Waals surface area contributed by atoms with Crippen molar-refractivity contribution in [3.8, 4) is 5.75 Å². The molecule has 5 heteroatoms. The molecule has 1 aromatic carbocycles. The molecule has 2 atom stereocenters. The Morgan fingerprint density at radius 1 is 1.43 bits per heavy atom. The number of rotatable bonds is 3. The molecule has 3 rings (SSSR count). The van der Waals surface area contributed by atoms with Crippen molar-refractivity contribution in [1.82, 2.24) is 15.1 Å². The number of carbonyl (C=O) groups excluding carboxylic acids is 1. The number of aromatic amines is 1. The molecular weight excluding hydrogens is 266 g/mol. The number of amides is 1. The number of hydrogen-bond donors (Lipinski definition) is 1. The van der Waals surface area contributed by atoms with Gasteiger partial charge in [-0.05, 0) is 13.0 Å². The summed E-state index contributed by atoms with van der Waals surface area (Å²) in [5.74, 6) is 1.02. The Bertz CT molecular complexity index is 652. The molecule has 2 unspecified atom stereocenters. The van der Waals surface area contributed by atoms with Crippen LogP contribution in [0.1, 0.15) is 41.3 Å². The number of nitrogens with zero attached hydrogens (tertiary/aromatic N) is 2. The summed E-state index contributed by atoms with van der Waals surface area (Å²) in [4.78, 5) is 14.3. The van der Waals surface area contributed by atoms with Crippen LogP contribution in [0.5, 0.6) is 5.75 Å². The summed E-state index contributed by atoms with van der Waals surface area (Å²) in [6.45, 7) is 4.68. The predicted octanol–water partition coefficient (Wildman–Crippen LogP) is 2.57. The minimum Gasteiger partial charge on any atom is -0.489 e. The van der Waals surface area contributed by atoms with E-state index in [1.54, 1.807) is 24.3 Å². The maximum atomic E-state index is 12.7. The van der Waals surface area contributed by atoms with Crippen LogP contribution in [0.3, 0.4) is 0 Å². The lowest BCUT2D eigenvalue weighted by Crippen LogP contribution is -2.26. The lowest BCUT2D eigenvalue weighted by Gasteiger charge is -2.18. The minimum absolute atomic E-state index is 0.0330. The van der Waals surface area contributed by atoms with Crippen molar-refractivity contribution in [2.45, 2.75) is 32.4 Å². The van der Waals surface area contributed by atoms with Gasteiger partial charge >= 0.3 is 0 Å². The fourth-order valence-corrected chi connectivity index (χ4v) is 2.67.